The van der Waals surface area contributed by atoms with Gasteiger partial charge in [-0.3, -0.25) is 0 Å². The fraction of sp³-hybridized carbons (Fsp3) is 0.345. The number of quaternary nitrogens is 1. The molecular formula is C29H32NO3+. The number of aliphatic hydroxyl groups is 1. The largest absolute Gasteiger partial charge is 0.463 e. The molecule has 1 saturated heterocycles. The van der Waals surface area contributed by atoms with Gasteiger partial charge in [-0.1, -0.05) is 90.5 Å². The maximum absolute atomic E-state index is 13.3. The molecule has 4 heteroatoms. The Morgan fingerprint density at radius 1 is 0.909 bits per heavy atom. The minimum Gasteiger partial charge on any atom is -0.463 e. The van der Waals surface area contributed by atoms with Crippen molar-refractivity contribution in [3.05, 3.63) is 107 Å². The Hall–Kier alpha value is -2.95. The van der Waals surface area contributed by atoms with Gasteiger partial charge in [-0.25, -0.2) is 4.79 Å². The van der Waals surface area contributed by atoms with Crippen molar-refractivity contribution >= 4 is 5.97 Å². The second kappa shape index (κ2) is 8.44. The van der Waals surface area contributed by atoms with Gasteiger partial charge in [0, 0.05) is 23.3 Å². The van der Waals surface area contributed by atoms with Crippen molar-refractivity contribution < 1.29 is 19.1 Å². The third-order valence-electron chi connectivity index (χ3n) is 7.58. The number of carbonyl (C=O) groups is 1. The number of hydrogen-bond acceptors (Lipinski definition) is 3. The van der Waals surface area contributed by atoms with Gasteiger partial charge in [0.15, 0.2) is 0 Å². The van der Waals surface area contributed by atoms with Crippen LogP contribution in [-0.4, -0.2) is 42.3 Å². The lowest BCUT2D eigenvalue weighted by molar-refractivity contribution is -0.916. The molecule has 3 aromatic rings. The minimum absolute atomic E-state index is 0.376. The molecule has 1 saturated carbocycles. The van der Waals surface area contributed by atoms with Crippen LogP contribution in [0.1, 0.15) is 22.3 Å². The van der Waals surface area contributed by atoms with E-state index in [1.54, 1.807) is 12.1 Å². The maximum Gasteiger partial charge on any atom is 0.347 e. The first kappa shape index (κ1) is 21.9. The van der Waals surface area contributed by atoms with Crippen LogP contribution in [0.15, 0.2) is 84.9 Å². The molecule has 0 aromatic heterocycles. The molecular weight excluding hydrogens is 410 g/mol. The molecule has 2 aliphatic rings. The number of likely N-dealkylation sites (tertiary alicyclic amines) is 1. The predicted octanol–water partition coefficient (Wildman–Crippen LogP) is 4.30. The molecule has 3 unspecified atom stereocenters. The topological polar surface area (TPSA) is 46.5 Å². The number of piperidine rings is 1. The van der Waals surface area contributed by atoms with Gasteiger partial charge >= 0.3 is 5.97 Å². The molecule has 0 amide bonds. The van der Waals surface area contributed by atoms with Crippen molar-refractivity contribution in [3.8, 4) is 0 Å². The van der Waals surface area contributed by atoms with E-state index >= 15 is 0 Å². The van der Waals surface area contributed by atoms with Crippen molar-refractivity contribution in [3.63, 3.8) is 0 Å². The number of aryl methyl sites for hydroxylation is 1. The number of carbonyl (C=O) groups excluding carboxylic acids is 1. The van der Waals surface area contributed by atoms with Crippen LogP contribution in [0.4, 0.5) is 0 Å². The average molecular weight is 443 g/mol. The monoisotopic (exact) mass is 442 g/mol. The van der Waals surface area contributed by atoms with Gasteiger partial charge in [-0.15, -0.1) is 0 Å². The van der Waals surface area contributed by atoms with Crippen molar-refractivity contribution in [2.75, 3.05) is 26.7 Å². The predicted molar refractivity (Wildman–Crippen MR) is 128 cm³/mol. The van der Waals surface area contributed by atoms with Gasteiger partial charge in [0.2, 0.25) is 5.60 Å². The van der Waals surface area contributed by atoms with Crippen LogP contribution < -0.4 is 0 Å². The van der Waals surface area contributed by atoms with E-state index in [-0.39, 0.29) is 0 Å². The Morgan fingerprint density at radius 3 is 2.06 bits per heavy atom. The highest BCUT2D eigenvalue weighted by atomic mass is 16.5. The van der Waals surface area contributed by atoms with E-state index in [2.05, 4.69) is 37.4 Å². The number of hydrogen-bond donors (Lipinski definition) is 1. The number of benzene rings is 3. The zero-order valence-electron chi connectivity index (χ0n) is 19.4. The average Bonchev–Trinajstić information content (AvgIpc) is 3.32. The summed E-state index contributed by atoms with van der Waals surface area (Å²) in [7, 11) is 2.33. The highest BCUT2D eigenvalue weighted by molar-refractivity contribution is 5.85. The Labute approximate surface area is 196 Å². The van der Waals surface area contributed by atoms with Crippen molar-refractivity contribution in [2.24, 2.45) is 17.8 Å². The molecule has 170 valence electrons. The number of ether oxygens (including phenoxy) is 1. The van der Waals surface area contributed by atoms with Gasteiger partial charge < -0.3 is 14.3 Å². The normalized spacial score (nSPS) is 27.4. The quantitative estimate of drug-likeness (QED) is 0.438. The first-order chi connectivity index (χ1) is 15.9. The van der Waals surface area contributed by atoms with E-state index in [0.29, 0.717) is 35.5 Å². The Balaban J connectivity index is 1.24. The molecule has 1 N–H and O–H groups in total. The van der Waals surface area contributed by atoms with E-state index in [0.717, 1.165) is 29.7 Å². The van der Waals surface area contributed by atoms with Gasteiger partial charge in [0.05, 0.1) is 26.7 Å². The lowest BCUT2D eigenvalue weighted by Crippen LogP contribution is -2.44. The molecule has 2 fully saturated rings. The van der Waals surface area contributed by atoms with E-state index < -0.39 is 11.6 Å². The molecule has 3 aromatic carbocycles. The second-order valence-electron chi connectivity index (χ2n) is 10.2. The lowest BCUT2D eigenvalue weighted by Gasteiger charge is -2.32. The van der Waals surface area contributed by atoms with E-state index in [9.17, 15) is 9.90 Å². The molecule has 1 aliphatic carbocycles. The van der Waals surface area contributed by atoms with Crippen LogP contribution in [0.25, 0.3) is 0 Å². The van der Waals surface area contributed by atoms with Gasteiger partial charge in [0.1, 0.15) is 6.54 Å². The summed E-state index contributed by atoms with van der Waals surface area (Å²) in [5.41, 5.74) is 1.70. The van der Waals surface area contributed by atoms with Crippen LogP contribution >= 0.6 is 0 Å². The fourth-order valence-corrected chi connectivity index (χ4v) is 5.71. The molecule has 33 heavy (non-hydrogen) atoms. The summed E-state index contributed by atoms with van der Waals surface area (Å²) in [4.78, 5) is 13.3. The summed E-state index contributed by atoms with van der Waals surface area (Å²) in [6, 6.07) is 27.2. The van der Waals surface area contributed by atoms with Gasteiger partial charge in [0.25, 0.3) is 0 Å². The lowest BCUT2D eigenvalue weighted by atomic mass is 9.86. The molecule has 0 bridgehead atoms. The van der Waals surface area contributed by atoms with E-state index in [4.69, 9.17) is 4.74 Å². The summed E-state index contributed by atoms with van der Waals surface area (Å²) < 4.78 is 6.84. The number of fused-ring (bicyclic) bond motifs is 1. The number of rotatable bonds is 7. The first-order valence-corrected chi connectivity index (χ1v) is 11.8. The molecule has 5 rings (SSSR count). The van der Waals surface area contributed by atoms with E-state index in [1.165, 1.54) is 5.56 Å². The summed E-state index contributed by atoms with van der Waals surface area (Å²) in [6.45, 7) is 5.63. The number of nitrogens with zero attached hydrogens (tertiary/aromatic N) is 1. The van der Waals surface area contributed by atoms with Crippen LogP contribution in [-0.2, 0) is 21.7 Å². The Kier molecular flexibility index (Phi) is 5.59. The van der Waals surface area contributed by atoms with Crippen LogP contribution in [0, 0.1) is 24.7 Å². The minimum atomic E-state index is -1.81. The zero-order chi connectivity index (χ0) is 23.1. The van der Waals surface area contributed by atoms with Crippen LogP contribution in [0.3, 0.4) is 0 Å². The van der Waals surface area contributed by atoms with E-state index in [1.807, 2.05) is 49.4 Å². The van der Waals surface area contributed by atoms with Crippen LogP contribution in [0.2, 0.25) is 0 Å². The summed E-state index contributed by atoms with van der Waals surface area (Å²) in [6.07, 6.45) is 0. The third-order valence-corrected chi connectivity index (χ3v) is 7.58. The maximum atomic E-state index is 13.3. The Bertz CT molecular complexity index is 1100. The fourth-order valence-electron chi connectivity index (χ4n) is 5.71. The first-order valence-electron chi connectivity index (χ1n) is 11.8. The van der Waals surface area contributed by atoms with Gasteiger partial charge in [-0.05, 0) is 18.1 Å². The van der Waals surface area contributed by atoms with Crippen LogP contribution in [0.5, 0.6) is 0 Å². The van der Waals surface area contributed by atoms with Gasteiger partial charge in [-0.2, -0.15) is 0 Å². The molecule has 1 aliphatic heterocycles. The van der Waals surface area contributed by atoms with Crippen molar-refractivity contribution in [2.45, 2.75) is 19.1 Å². The molecule has 3 atom stereocenters. The molecule has 1 heterocycles. The second-order valence-corrected chi connectivity index (χ2v) is 10.2. The highest BCUT2D eigenvalue weighted by Crippen LogP contribution is 2.54. The molecule has 4 nitrogen and oxygen atoms in total. The zero-order valence-corrected chi connectivity index (χ0v) is 19.4. The van der Waals surface area contributed by atoms with Crippen molar-refractivity contribution in [1.82, 2.24) is 0 Å². The highest BCUT2D eigenvalue weighted by Gasteiger charge is 2.62. The SMILES string of the molecule is Cc1ccc(C(O)(C(=O)OCC2C3C[N+](C)(Cc4ccccc4)CC23)c2ccccc2)cc1. The molecule has 0 spiro atoms. The Morgan fingerprint density at radius 2 is 1.45 bits per heavy atom. The van der Waals surface area contributed by atoms with Crippen molar-refractivity contribution in [1.29, 1.82) is 0 Å². The third kappa shape index (κ3) is 4.21. The number of esters is 1. The summed E-state index contributed by atoms with van der Waals surface area (Å²) in [5, 5.41) is 11.6. The summed E-state index contributed by atoms with van der Waals surface area (Å²) in [5.74, 6) is 0.990. The molecule has 0 radical (unpaired) electrons. The standard InChI is InChI=1S/C29H32NO3/c1-21-13-15-24(16-14-21)29(32,23-11-7-4-8-12-23)28(31)33-20-27-25-18-30(2,19-26(25)27)17-22-9-5-3-6-10-22/h3-16,25-27,32H,17-20H2,1-2H3/q+1. The summed E-state index contributed by atoms with van der Waals surface area (Å²) >= 11 is 0. The smallest absolute Gasteiger partial charge is 0.347 e.